The van der Waals surface area contributed by atoms with Crippen LogP contribution < -0.4 is 0 Å². The fraction of sp³-hybridized carbons (Fsp3) is 0.308. The van der Waals surface area contributed by atoms with Crippen LogP contribution >= 0.6 is 0 Å². The topological polar surface area (TPSA) is 15.8 Å². The molecule has 1 radical (unpaired) electrons. The maximum atomic E-state index is 3.25. The second-order valence-corrected chi connectivity index (χ2v) is 2.72. The van der Waals surface area contributed by atoms with Gasteiger partial charge in [-0.3, -0.25) is 6.08 Å². The first-order chi connectivity index (χ1) is 6.79. The molecule has 1 aliphatic rings. The van der Waals surface area contributed by atoms with Gasteiger partial charge in [-0.25, -0.2) is 24.3 Å². The van der Waals surface area contributed by atoms with Crippen LogP contribution in [0, 0.1) is 32.9 Å². The van der Waals surface area contributed by atoms with Crippen LogP contribution in [0.4, 0.5) is 0 Å². The standard InChI is InChI=1S/C6H8N.C5H5.C2H5.Ru/c1-5-3-4-6(2)7-5;1-2-4-5-3-1;1-2;/h3,7H,1-2H3;1-3H,4H2;1H2,2H3;/q3*-1;+3. The zero-order chi connectivity index (χ0) is 10.8. The van der Waals surface area contributed by atoms with Crippen molar-refractivity contribution in [1.29, 1.82) is 0 Å². The number of hydrogen-bond donors (Lipinski definition) is 1. The van der Waals surface area contributed by atoms with Gasteiger partial charge in [0.15, 0.2) is 0 Å². The van der Waals surface area contributed by atoms with Crippen molar-refractivity contribution in [3.63, 3.8) is 0 Å². The predicted octanol–water partition coefficient (Wildman–Crippen LogP) is 3.58. The van der Waals surface area contributed by atoms with Crippen molar-refractivity contribution in [3.8, 4) is 0 Å². The minimum Gasteiger partial charge on any atom is -0.456 e. The van der Waals surface area contributed by atoms with Crippen LogP contribution in [0.15, 0.2) is 24.3 Å². The maximum absolute atomic E-state index is 3.25. The Balaban J connectivity index is 0. The summed E-state index contributed by atoms with van der Waals surface area (Å²) in [7, 11) is 0. The van der Waals surface area contributed by atoms with E-state index in [2.05, 4.69) is 30.1 Å². The number of aryl methyl sites for hydroxylation is 2. The number of nitrogens with one attached hydrogen (secondary N) is 1. The van der Waals surface area contributed by atoms with Crippen molar-refractivity contribution in [2.24, 2.45) is 0 Å². The molecule has 0 atom stereocenters. The molecule has 15 heavy (non-hydrogen) atoms. The molecule has 0 amide bonds. The first-order valence-electron chi connectivity index (χ1n) is 4.75. The fourth-order valence-electron chi connectivity index (χ4n) is 0.925. The number of H-pyrrole nitrogens is 1. The fourth-order valence-corrected chi connectivity index (χ4v) is 0.925. The molecule has 0 unspecified atom stereocenters. The molecule has 0 aliphatic heterocycles. The van der Waals surface area contributed by atoms with E-state index in [9.17, 15) is 0 Å². The number of allylic oxidation sites excluding steroid dienone is 4. The molecule has 1 aromatic rings. The normalized spacial score (nSPS) is 10.7. The average Bonchev–Trinajstić information content (AvgIpc) is 2.84. The third kappa shape index (κ3) is 9.68. The monoisotopic (exact) mass is 290 g/mol. The van der Waals surface area contributed by atoms with Gasteiger partial charge in [-0.05, 0) is 6.92 Å². The van der Waals surface area contributed by atoms with Crippen molar-refractivity contribution in [2.45, 2.75) is 27.2 Å². The van der Waals surface area contributed by atoms with Crippen molar-refractivity contribution < 1.29 is 19.5 Å². The van der Waals surface area contributed by atoms with Crippen LogP contribution in [-0.4, -0.2) is 4.98 Å². The summed E-state index contributed by atoms with van der Waals surface area (Å²) in [5.74, 6) is 0. The summed E-state index contributed by atoms with van der Waals surface area (Å²) in [4.78, 5) is 3.08. The van der Waals surface area contributed by atoms with E-state index in [0.29, 0.717) is 0 Å². The third-order valence-electron chi connectivity index (χ3n) is 1.48. The molecule has 1 N–H and O–H groups in total. The molecule has 0 fully saturated rings. The molecule has 1 nitrogen and oxygen atoms in total. The summed E-state index contributed by atoms with van der Waals surface area (Å²) < 4.78 is 0. The van der Waals surface area contributed by atoms with Crippen LogP contribution in [0.25, 0.3) is 0 Å². The van der Waals surface area contributed by atoms with Crippen LogP contribution in [-0.2, 0) is 19.5 Å². The van der Waals surface area contributed by atoms with E-state index in [0.717, 1.165) is 12.1 Å². The van der Waals surface area contributed by atoms with Gasteiger partial charge in [-0.2, -0.15) is 13.0 Å². The summed E-state index contributed by atoms with van der Waals surface area (Å²) >= 11 is 0. The molecule has 83 valence electrons. The second kappa shape index (κ2) is 11.5. The van der Waals surface area contributed by atoms with E-state index < -0.39 is 0 Å². The minimum absolute atomic E-state index is 0. The Bertz CT molecular complexity index is 258. The number of aromatic amines is 1. The van der Waals surface area contributed by atoms with Crippen LogP contribution in [0.1, 0.15) is 24.7 Å². The maximum Gasteiger partial charge on any atom is 3.00 e. The smallest absolute Gasteiger partial charge is 0.456 e. The molecular weight excluding hydrogens is 271 g/mol. The van der Waals surface area contributed by atoms with Crippen molar-refractivity contribution in [1.82, 2.24) is 4.98 Å². The Kier molecular flexibility index (Phi) is 12.8. The van der Waals surface area contributed by atoms with E-state index in [1.165, 1.54) is 5.69 Å². The van der Waals surface area contributed by atoms with E-state index in [1.807, 2.05) is 32.1 Å². The molecule has 0 saturated carbocycles. The van der Waals surface area contributed by atoms with E-state index in [-0.39, 0.29) is 19.5 Å². The van der Waals surface area contributed by atoms with E-state index in [4.69, 9.17) is 0 Å². The van der Waals surface area contributed by atoms with Gasteiger partial charge >= 0.3 is 19.5 Å². The molecule has 0 aromatic carbocycles. The molecule has 1 aromatic heterocycles. The van der Waals surface area contributed by atoms with Gasteiger partial charge in [0, 0.05) is 0 Å². The Morgan fingerprint density at radius 2 is 2.00 bits per heavy atom. The SMILES string of the molecule is Cc1[c-]cc(C)[nH]1.[C-]1=CC=CC1.[CH2-]C.[Ru+3]. The number of hydrogen-bond acceptors (Lipinski definition) is 0. The molecule has 2 rings (SSSR count). The van der Waals surface area contributed by atoms with Gasteiger partial charge in [0.05, 0.1) is 0 Å². The number of aromatic nitrogens is 1. The first kappa shape index (κ1) is 16.8. The van der Waals surface area contributed by atoms with Gasteiger partial charge in [-0.1, -0.05) is 12.6 Å². The quantitative estimate of drug-likeness (QED) is 0.555. The second-order valence-electron chi connectivity index (χ2n) is 2.72. The summed E-state index contributed by atoms with van der Waals surface area (Å²) in [6, 6.07) is 4.95. The molecule has 2 heteroatoms. The van der Waals surface area contributed by atoms with Crippen LogP contribution in [0.5, 0.6) is 0 Å². The summed E-state index contributed by atoms with van der Waals surface area (Å²) in [6.45, 7) is 9.01. The molecule has 0 saturated heterocycles. The Hall–Kier alpha value is -0.617. The molecule has 0 spiro atoms. The summed E-state index contributed by atoms with van der Waals surface area (Å²) in [6.07, 6.45) is 10.0. The predicted molar refractivity (Wildman–Crippen MR) is 61.7 cm³/mol. The average molecular weight is 289 g/mol. The van der Waals surface area contributed by atoms with Gasteiger partial charge in [0.1, 0.15) is 0 Å². The Labute approximate surface area is 106 Å². The van der Waals surface area contributed by atoms with Crippen molar-refractivity contribution in [3.05, 3.63) is 54.7 Å². The van der Waals surface area contributed by atoms with Gasteiger partial charge < -0.3 is 11.9 Å². The van der Waals surface area contributed by atoms with Crippen LogP contribution in [0.3, 0.4) is 0 Å². The van der Waals surface area contributed by atoms with Gasteiger partial charge in [0.2, 0.25) is 0 Å². The molecule has 1 heterocycles. The minimum atomic E-state index is 0. The van der Waals surface area contributed by atoms with Crippen molar-refractivity contribution in [2.75, 3.05) is 0 Å². The van der Waals surface area contributed by atoms with Crippen molar-refractivity contribution >= 4 is 0 Å². The molecular formula is C13H18NRu. The third-order valence-corrected chi connectivity index (χ3v) is 1.48. The molecule has 0 bridgehead atoms. The first-order valence-corrected chi connectivity index (χ1v) is 4.75. The van der Waals surface area contributed by atoms with Crippen LogP contribution in [0.2, 0.25) is 0 Å². The van der Waals surface area contributed by atoms with Gasteiger partial charge in [0.25, 0.3) is 0 Å². The zero-order valence-electron chi connectivity index (χ0n) is 9.58. The van der Waals surface area contributed by atoms with E-state index in [1.54, 1.807) is 6.92 Å². The Morgan fingerprint density at radius 1 is 1.33 bits per heavy atom. The summed E-state index contributed by atoms with van der Waals surface area (Å²) in [5.41, 5.74) is 2.29. The zero-order valence-corrected chi connectivity index (χ0v) is 11.3. The van der Waals surface area contributed by atoms with E-state index >= 15 is 0 Å². The van der Waals surface area contributed by atoms with Gasteiger partial charge in [-0.15, -0.1) is 12.1 Å². The Morgan fingerprint density at radius 3 is 2.13 bits per heavy atom. The largest absolute Gasteiger partial charge is 3.00 e. The molecule has 1 aliphatic carbocycles. The number of rotatable bonds is 0. The summed E-state index contributed by atoms with van der Waals surface area (Å²) in [5, 5.41) is 0.